The van der Waals surface area contributed by atoms with Crippen molar-refractivity contribution in [2.24, 2.45) is 0 Å². The maximum absolute atomic E-state index is 12.4. The monoisotopic (exact) mass is 295 g/mol. The number of carbonyl (C=O) groups is 1. The predicted molar refractivity (Wildman–Crippen MR) is 75.9 cm³/mol. The fourth-order valence-electron chi connectivity index (χ4n) is 2.85. The normalized spacial score (nSPS) is 24.1. The Hall–Kier alpha value is -1.17. The van der Waals surface area contributed by atoms with E-state index in [9.17, 15) is 4.79 Å². The second kappa shape index (κ2) is 6.08. The van der Waals surface area contributed by atoms with E-state index in [1.165, 1.54) is 0 Å². The summed E-state index contributed by atoms with van der Waals surface area (Å²) in [6.45, 7) is 5.13. The number of halogens is 1. The summed E-state index contributed by atoms with van der Waals surface area (Å²) in [5.41, 5.74) is 0.608. The Labute approximate surface area is 123 Å². The molecule has 3 heterocycles. The van der Waals surface area contributed by atoms with Gasteiger partial charge in [0.05, 0.1) is 18.8 Å². The van der Waals surface area contributed by atoms with Gasteiger partial charge in [0, 0.05) is 38.4 Å². The van der Waals surface area contributed by atoms with Gasteiger partial charge in [0.25, 0.3) is 5.91 Å². The van der Waals surface area contributed by atoms with Gasteiger partial charge in [0.15, 0.2) is 0 Å². The number of rotatable bonds is 2. The molecule has 2 aliphatic rings. The molecule has 0 aromatic carbocycles. The summed E-state index contributed by atoms with van der Waals surface area (Å²) in [5, 5.41) is 0.411. The maximum Gasteiger partial charge on any atom is 0.255 e. The highest BCUT2D eigenvalue weighted by Gasteiger charge is 2.31. The van der Waals surface area contributed by atoms with Gasteiger partial charge >= 0.3 is 0 Å². The third kappa shape index (κ3) is 2.95. The topological polar surface area (TPSA) is 45.7 Å². The van der Waals surface area contributed by atoms with Gasteiger partial charge in [-0.05, 0) is 18.6 Å². The molecule has 3 rings (SSSR count). The third-order valence-corrected chi connectivity index (χ3v) is 4.21. The van der Waals surface area contributed by atoms with E-state index in [1.807, 2.05) is 4.90 Å². The van der Waals surface area contributed by atoms with Gasteiger partial charge in [0.2, 0.25) is 0 Å². The van der Waals surface area contributed by atoms with Gasteiger partial charge in [-0.3, -0.25) is 9.69 Å². The van der Waals surface area contributed by atoms with Crippen LogP contribution in [-0.4, -0.2) is 66.1 Å². The van der Waals surface area contributed by atoms with Crippen LogP contribution < -0.4 is 0 Å². The standard InChI is InChI=1S/C14H18ClN3O2/c15-13-2-1-11(9-16-13)14(19)18-4-3-12(10-18)17-5-7-20-8-6-17/h1-2,9,12H,3-8,10H2. The highest BCUT2D eigenvalue weighted by atomic mass is 35.5. The summed E-state index contributed by atoms with van der Waals surface area (Å²) in [4.78, 5) is 20.7. The van der Waals surface area contributed by atoms with Gasteiger partial charge in [-0.15, -0.1) is 0 Å². The molecule has 2 saturated heterocycles. The van der Waals surface area contributed by atoms with Crippen molar-refractivity contribution in [2.45, 2.75) is 12.5 Å². The van der Waals surface area contributed by atoms with E-state index >= 15 is 0 Å². The highest BCUT2D eigenvalue weighted by Crippen LogP contribution is 2.19. The maximum atomic E-state index is 12.4. The Morgan fingerprint density at radius 3 is 2.80 bits per heavy atom. The molecule has 0 spiro atoms. The van der Waals surface area contributed by atoms with Crippen molar-refractivity contribution in [1.29, 1.82) is 0 Å². The molecule has 1 aromatic rings. The fraction of sp³-hybridized carbons (Fsp3) is 0.571. The number of hydrogen-bond donors (Lipinski definition) is 0. The fourth-order valence-corrected chi connectivity index (χ4v) is 2.96. The number of morpholine rings is 1. The molecule has 1 amide bonds. The van der Waals surface area contributed by atoms with E-state index in [-0.39, 0.29) is 5.91 Å². The largest absolute Gasteiger partial charge is 0.379 e. The van der Waals surface area contributed by atoms with Crippen LogP contribution in [0.4, 0.5) is 0 Å². The Morgan fingerprint density at radius 2 is 2.10 bits per heavy atom. The van der Waals surface area contributed by atoms with Crippen molar-refractivity contribution in [3.8, 4) is 0 Å². The number of ether oxygens (including phenoxy) is 1. The van der Waals surface area contributed by atoms with Crippen LogP contribution in [0.25, 0.3) is 0 Å². The molecule has 0 bridgehead atoms. The van der Waals surface area contributed by atoms with Crippen LogP contribution in [0.3, 0.4) is 0 Å². The lowest BCUT2D eigenvalue weighted by Crippen LogP contribution is -2.45. The molecular weight excluding hydrogens is 278 g/mol. The molecule has 6 heteroatoms. The zero-order valence-corrected chi connectivity index (χ0v) is 12.1. The summed E-state index contributed by atoms with van der Waals surface area (Å²) in [5.74, 6) is 0.0462. The third-order valence-electron chi connectivity index (χ3n) is 3.99. The quantitative estimate of drug-likeness (QED) is 0.771. The number of carbonyl (C=O) groups excluding carboxylic acids is 1. The summed E-state index contributed by atoms with van der Waals surface area (Å²) in [6, 6.07) is 3.85. The van der Waals surface area contributed by atoms with Gasteiger partial charge in [-0.1, -0.05) is 11.6 Å². The van der Waals surface area contributed by atoms with Gasteiger partial charge < -0.3 is 9.64 Å². The van der Waals surface area contributed by atoms with Crippen LogP contribution in [-0.2, 0) is 4.74 Å². The molecule has 0 aliphatic carbocycles. The molecular formula is C14H18ClN3O2. The first kappa shape index (κ1) is 13.8. The molecule has 1 aromatic heterocycles. The molecule has 20 heavy (non-hydrogen) atoms. The predicted octanol–water partition coefficient (Wildman–Crippen LogP) is 1.28. The molecule has 0 N–H and O–H groups in total. The van der Waals surface area contributed by atoms with E-state index in [4.69, 9.17) is 16.3 Å². The molecule has 0 radical (unpaired) electrons. The lowest BCUT2D eigenvalue weighted by Gasteiger charge is -2.32. The summed E-state index contributed by atoms with van der Waals surface area (Å²) < 4.78 is 5.37. The SMILES string of the molecule is O=C(c1ccc(Cl)nc1)N1CCC(N2CCOCC2)C1. The minimum atomic E-state index is 0.0462. The molecule has 5 nitrogen and oxygen atoms in total. The van der Waals surface area contributed by atoms with Crippen molar-refractivity contribution >= 4 is 17.5 Å². The minimum absolute atomic E-state index is 0.0462. The first-order valence-corrected chi connectivity index (χ1v) is 7.34. The van der Waals surface area contributed by atoms with Crippen molar-refractivity contribution in [2.75, 3.05) is 39.4 Å². The van der Waals surface area contributed by atoms with Gasteiger partial charge in [-0.25, -0.2) is 4.98 Å². The molecule has 1 unspecified atom stereocenters. The minimum Gasteiger partial charge on any atom is -0.379 e. The van der Waals surface area contributed by atoms with Crippen molar-refractivity contribution < 1.29 is 9.53 Å². The molecule has 2 fully saturated rings. The van der Waals surface area contributed by atoms with Crippen LogP contribution in [0.15, 0.2) is 18.3 Å². The average molecular weight is 296 g/mol. The zero-order chi connectivity index (χ0) is 13.9. The molecule has 108 valence electrons. The summed E-state index contributed by atoms with van der Waals surface area (Å²) >= 11 is 5.75. The van der Waals surface area contributed by atoms with Gasteiger partial charge in [0.1, 0.15) is 5.15 Å². The number of hydrogen-bond acceptors (Lipinski definition) is 4. The van der Waals surface area contributed by atoms with E-state index in [0.717, 1.165) is 45.8 Å². The Kier molecular flexibility index (Phi) is 4.19. The summed E-state index contributed by atoms with van der Waals surface area (Å²) in [7, 11) is 0. The van der Waals surface area contributed by atoms with Crippen LogP contribution in [0.2, 0.25) is 5.15 Å². The second-order valence-corrected chi connectivity index (χ2v) is 5.60. The van der Waals surface area contributed by atoms with Crippen LogP contribution in [0.1, 0.15) is 16.8 Å². The second-order valence-electron chi connectivity index (χ2n) is 5.21. The van der Waals surface area contributed by atoms with E-state index in [1.54, 1.807) is 18.3 Å². The molecule has 0 saturated carbocycles. The number of amides is 1. The Morgan fingerprint density at radius 1 is 1.30 bits per heavy atom. The average Bonchev–Trinajstić information content (AvgIpc) is 2.98. The lowest BCUT2D eigenvalue weighted by molar-refractivity contribution is 0.0185. The van der Waals surface area contributed by atoms with Crippen molar-refractivity contribution in [3.05, 3.63) is 29.0 Å². The highest BCUT2D eigenvalue weighted by molar-refractivity contribution is 6.29. The zero-order valence-electron chi connectivity index (χ0n) is 11.3. The number of nitrogens with zero attached hydrogens (tertiary/aromatic N) is 3. The molecule has 1 atom stereocenters. The number of pyridine rings is 1. The first-order chi connectivity index (χ1) is 9.74. The van der Waals surface area contributed by atoms with E-state index in [0.29, 0.717) is 16.8 Å². The first-order valence-electron chi connectivity index (χ1n) is 6.96. The number of aromatic nitrogens is 1. The lowest BCUT2D eigenvalue weighted by atomic mass is 10.2. The van der Waals surface area contributed by atoms with E-state index in [2.05, 4.69) is 9.88 Å². The van der Waals surface area contributed by atoms with E-state index < -0.39 is 0 Å². The summed E-state index contributed by atoms with van der Waals surface area (Å²) in [6.07, 6.45) is 2.58. The smallest absolute Gasteiger partial charge is 0.255 e. The Balaban J connectivity index is 1.61. The van der Waals surface area contributed by atoms with Crippen LogP contribution in [0.5, 0.6) is 0 Å². The molecule has 2 aliphatic heterocycles. The van der Waals surface area contributed by atoms with Crippen molar-refractivity contribution in [3.63, 3.8) is 0 Å². The van der Waals surface area contributed by atoms with Crippen LogP contribution in [0, 0.1) is 0 Å². The van der Waals surface area contributed by atoms with Crippen LogP contribution >= 0.6 is 11.6 Å². The van der Waals surface area contributed by atoms with Crippen molar-refractivity contribution in [1.82, 2.24) is 14.8 Å². The Bertz CT molecular complexity index is 474. The van der Waals surface area contributed by atoms with Gasteiger partial charge in [-0.2, -0.15) is 0 Å². The number of likely N-dealkylation sites (tertiary alicyclic amines) is 1.